The summed E-state index contributed by atoms with van der Waals surface area (Å²) in [6, 6.07) is 12.1. The lowest BCUT2D eigenvalue weighted by Crippen LogP contribution is -2.52. The van der Waals surface area contributed by atoms with E-state index in [0.29, 0.717) is 28.8 Å². The molecule has 0 saturated heterocycles. The summed E-state index contributed by atoms with van der Waals surface area (Å²) >= 11 is 0. The highest BCUT2D eigenvalue weighted by Crippen LogP contribution is 2.59. The molecule has 11 nitrogen and oxygen atoms in total. The number of aliphatic hydroxyl groups excluding tert-OH is 1. The molecule has 3 aliphatic rings. The SMILES string of the molecule is Cc1coc(-c2nc3oc2C24c5ccccc5NC2Oc2ccc(cc24)C[C@H](NC(=O)[C@@H](O)C(C)C)C(=O)N[C@@H]3C(C)C)n1. The van der Waals surface area contributed by atoms with Crippen LogP contribution in [0.15, 0.2) is 57.6 Å². The van der Waals surface area contributed by atoms with E-state index in [1.807, 2.05) is 63.2 Å². The third-order valence-electron chi connectivity index (χ3n) is 8.77. The lowest BCUT2D eigenvalue weighted by molar-refractivity contribution is -0.135. The number of anilines is 1. The number of rotatable bonds is 5. The Morgan fingerprint density at radius 1 is 1.09 bits per heavy atom. The molecule has 3 aliphatic heterocycles. The Balaban J connectivity index is 1.48. The minimum absolute atomic E-state index is 0.138. The molecule has 0 aliphatic carbocycles. The topological polar surface area (TPSA) is 152 Å². The lowest BCUT2D eigenvalue weighted by atomic mass is 9.72. The third kappa shape index (κ3) is 4.21. The van der Waals surface area contributed by atoms with Crippen molar-refractivity contribution in [1.82, 2.24) is 20.6 Å². The molecule has 4 bridgehead atoms. The molecule has 2 amide bonds. The molecule has 4 N–H and O–H groups in total. The van der Waals surface area contributed by atoms with E-state index in [1.54, 1.807) is 20.1 Å². The van der Waals surface area contributed by atoms with E-state index >= 15 is 0 Å². The first-order valence-electron chi connectivity index (χ1n) is 15.0. The van der Waals surface area contributed by atoms with Crippen molar-refractivity contribution in [1.29, 1.82) is 0 Å². The normalized spacial score (nSPS) is 24.0. The van der Waals surface area contributed by atoms with Crippen LogP contribution >= 0.6 is 0 Å². The van der Waals surface area contributed by atoms with Crippen LogP contribution in [-0.2, 0) is 21.4 Å². The van der Waals surface area contributed by atoms with Gasteiger partial charge >= 0.3 is 0 Å². The van der Waals surface area contributed by atoms with Crippen LogP contribution in [0.25, 0.3) is 11.6 Å². The van der Waals surface area contributed by atoms with Gasteiger partial charge in [0.1, 0.15) is 35.6 Å². The minimum atomic E-state index is -1.26. The van der Waals surface area contributed by atoms with Gasteiger partial charge in [-0.05, 0) is 42.0 Å². The van der Waals surface area contributed by atoms with E-state index < -0.39 is 41.6 Å². The number of para-hydroxylation sites is 1. The smallest absolute Gasteiger partial charge is 0.249 e. The van der Waals surface area contributed by atoms with E-state index in [0.717, 1.165) is 22.4 Å². The molecule has 0 radical (unpaired) electrons. The zero-order valence-electron chi connectivity index (χ0n) is 25.2. The molecule has 0 saturated carbocycles. The van der Waals surface area contributed by atoms with Crippen LogP contribution in [0, 0.1) is 18.8 Å². The summed E-state index contributed by atoms with van der Waals surface area (Å²) in [5, 5.41) is 19.9. The molecule has 2 unspecified atom stereocenters. The zero-order valence-corrected chi connectivity index (χ0v) is 25.2. The number of hydrogen-bond acceptors (Lipinski definition) is 9. The fourth-order valence-corrected chi connectivity index (χ4v) is 6.47. The number of ether oxygens (including phenoxy) is 1. The van der Waals surface area contributed by atoms with Crippen LogP contribution in [0.5, 0.6) is 5.75 Å². The highest BCUT2D eigenvalue weighted by atomic mass is 16.5. The maximum absolute atomic E-state index is 13.9. The second kappa shape index (κ2) is 10.2. The maximum Gasteiger partial charge on any atom is 0.249 e. The molecular formula is C33H35N5O6. The fraction of sp³-hybridized carbons (Fsp3) is 0.394. The van der Waals surface area contributed by atoms with Gasteiger partial charge in [-0.25, -0.2) is 9.97 Å². The summed E-state index contributed by atoms with van der Waals surface area (Å²) < 4.78 is 19.2. The first-order valence-corrected chi connectivity index (χ1v) is 15.0. The fourth-order valence-electron chi connectivity index (χ4n) is 6.47. The number of carbonyl (C=O) groups is 2. The molecule has 4 aromatic rings. The van der Waals surface area contributed by atoms with Gasteiger partial charge in [0.2, 0.25) is 23.6 Å². The number of carbonyl (C=O) groups excluding carboxylic acids is 2. The Morgan fingerprint density at radius 3 is 2.61 bits per heavy atom. The molecule has 0 fully saturated rings. The van der Waals surface area contributed by atoms with Crippen LogP contribution in [0.1, 0.15) is 67.8 Å². The summed E-state index contributed by atoms with van der Waals surface area (Å²) in [5.74, 6) is 0.252. The average Bonchev–Trinajstić information content (AvgIpc) is 3.75. The van der Waals surface area contributed by atoms with E-state index in [1.165, 1.54) is 0 Å². The van der Waals surface area contributed by atoms with Crippen molar-refractivity contribution in [3.63, 3.8) is 0 Å². The van der Waals surface area contributed by atoms with Gasteiger partial charge in [-0.1, -0.05) is 58.0 Å². The third-order valence-corrected chi connectivity index (χ3v) is 8.77. The Labute approximate surface area is 254 Å². The molecule has 1 spiro atoms. The number of hydrogen-bond donors (Lipinski definition) is 4. The van der Waals surface area contributed by atoms with Crippen LogP contribution in [-0.4, -0.2) is 45.3 Å². The molecule has 44 heavy (non-hydrogen) atoms. The van der Waals surface area contributed by atoms with Gasteiger partial charge in [-0.3, -0.25) is 9.59 Å². The average molecular weight is 598 g/mol. The first kappa shape index (κ1) is 28.1. The van der Waals surface area contributed by atoms with Gasteiger partial charge in [0.05, 0.1) is 5.69 Å². The number of nitrogens with one attached hydrogen (secondary N) is 3. The molecule has 228 valence electrons. The van der Waals surface area contributed by atoms with Crippen molar-refractivity contribution in [2.24, 2.45) is 11.8 Å². The minimum Gasteiger partial charge on any atom is -0.469 e. The summed E-state index contributed by atoms with van der Waals surface area (Å²) in [6.45, 7) is 9.25. The quantitative estimate of drug-likeness (QED) is 0.268. The van der Waals surface area contributed by atoms with Crippen molar-refractivity contribution >= 4 is 17.5 Å². The molecule has 11 heteroatoms. The predicted molar refractivity (Wildman–Crippen MR) is 160 cm³/mol. The molecule has 5 heterocycles. The van der Waals surface area contributed by atoms with Crippen molar-refractivity contribution in [2.75, 3.05) is 5.32 Å². The van der Waals surface area contributed by atoms with Gasteiger partial charge in [-0.2, -0.15) is 0 Å². The molecule has 2 aromatic carbocycles. The number of aliphatic hydroxyl groups is 1. The van der Waals surface area contributed by atoms with E-state index in [2.05, 4.69) is 20.9 Å². The number of oxazole rings is 2. The van der Waals surface area contributed by atoms with Gasteiger partial charge in [0.25, 0.3) is 0 Å². The highest BCUT2D eigenvalue weighted by molar-refractivity contribution is 5.90. The Kier molecular flexibility index (Phi) is 6.54. The van der Waals surface area contributed by atoms with E-state index in [9.17, 15) is 14.7 Å². The van der Waals surface area contributed by atoms with Gasteiger partial charge in [0, 0.05) is 17.7 Å². The van der Waals surface area contributed by atoms with Gasteiger partial charge in [0.15, 0.2) is 17.7 Å². The zero-order chi connectivity index (χ0) is 30.9. The number of aryl methyl sites for hydroxylation is 1. The molecule has 7 rings (SSSR count). The van der Waals surface area contributed by atoms with Crippen molar-refractivity contribution in [3.8, 4) is 17.3 Å². The van der Waals surface area contributed by atoms with Crippen LogP contribution in [0.4, 0.5) is 5.69 Å². The summed E-state index contributed by atoms with van der Waals surface area (Å²) in [6.07, 6.45) is -0.0682. The van der Waals surface area contributed by atoms with Gasteiger partial charge < -0.3 is 34.6 Å². The predicted octanol–water partition coefficient (Wildman–Crippen LogP) is 3.99. The van der Waals surface area contributed by atoms with E-state index in [-0.39, 0.29) is 24.1 Å². The van der Waals surface area contributed by atoms with Gasteiger partial charge in [-0.15, -0.1) is 0 Å². The van der Waals surface area contributed by atoms with Crippen molar-refractivity contribution in [3.05, 3.63) is 82.8 Å². The van der Waals surface area contributed by atoms with Crippen molar-refractivity contribution in [2.45, 2.75) is 70.9 Å². The molecule has 2 aromatic heterocycles. The Morgan fingerprint density at radius 2 is 1.89 bits per heavy atom. The Bertz CT molecular complexity index is 1780. The lowest BCUT2D eigenvalue weighted by Gasteiger charge is -2.29. The first-order chi connectivity index (χ1) is 21.1. The van der Waals surface area contributed by atoms with Crippen molar-refractivity contribution < 1.29 is 28.3 Å². The molecule has 5 atom stereocenters. The van der Waals surface area contributed by atoms with Crippen LogP contribution in [0.2, 0.25) is 0 Å². The van der Waals surface area contributed by atoms with Crippen LogP contribution < -0.4 is 20.7 Å². The summed E-state index contributed by atoms with van der Waals surface area (Å²) in [4.78, 5) is 36.5. The second-order valence-electron chi connectivity index (χ2n) is 12.5. The standard InChI is InChI=1S/C33H35N5O6/c1-15(2)24-31-38-25(30-34-17(5)14-42-30)27(44-31)33-19-8-6-7-9-21(19)36-32(33)43-23-11-10-18(12-20(23)33)13-22(28(40)37-24)35-29(41)26(39)16(3)4/h6-12,14-16,22,24,26,32,36,39H,13H2,1-5H3,(H,35,41)(H,37,40)/t22-,24+,26-,32?,33?/m0/s1. The van der Waals surface area contributed by atoms with E-state index in [4.69, 9.17) is 18.6 Å². The second-order valence-corrected chi connectivity index (χ2v) is 12.5. The monoisotopic (exact) mass is 597 g/mol. The number of aromatic nitrogens is 2. The summed E-state index contributed by atoms with van der Waals surface area (Å²) in [5.41, 5.74) is 3.61. The molecular weight excluding hydrogens is 562 g/mol. The number of fused-ring (bicyclic) bond motifs is 4. The summed E-state index contributed by atoms with van der Waals surface area (Å²) in [7, 11) is 0. The highest BCUT2D eigenvalue weighted by Gasteiger charge is 2.61. The van der Waals surface area contributed by atoms with Crippen LogP contribution in [0.3, 0.4) is 0 Å². The largest absolute Gasteiger partial charge is 0.469 e. The Hall–Kier alpha value is -4.64. The number of amides is 2. The maximum atomic E-state index is 13.9. The number of benzene rings is 2. The number of nitrogens with zero attached hydrogens (tertiary/aromatic N) is 2.